The van der Waals surface area contributed by atoms with E-state index in [0.29, 0.717) is 30.6 Å². The van der Waals surface area contributed by atoms with Gasteiger partial charge in [-0.05, 0) is 67.7 Å². The topological polar surface area (TPSA) is 193 Å². The van der Waals surface area contributed by atoms with Crippen LogP contribution in [0.1, 0.15) is 92.6 Å². The van der Waals surface area contributed by atoms with Gasteiger partial charge < -0.3 is 44.0 Å². The Balaban J connectivity index is 1.37. The first-order chi connectivity index (χ1) is 30.1. The molecular weight excluding hydrogens is 811 g/mol. The summed E-state index contributed by atoms with van der Waals surface area (Å²) in [5.41, 5.74) is -3.97. The quantitative estimate of drug-likeness (QED) is 0.180. The molecule has 4 bridgehead atoms. The number of ether oxygens (including phenoxy) is 6. The van der Waals surface area contributed by atoms with Crippen molar-refractivity contribution >= 4 is 29.6 Å². The summed E-state index contributed by atoms with van der Waals surface area (Å²) in [6.07, 6.45) is -4.85. The van der Waals surface area contributed by atoms with Gasteiger partial charge in [0, 0.05) is 49.5 Å². The molecule has 4 aliphatic rings. The van der Waals surface area contributed by atoms with Crippen LogP contribution in [0.25, 0.3) is 0 Å². The van der Waals surface area contributed by atoms with Crippen molar-refractivity contribution in [3.63, 3.8) is 0 Å². The van der Waals surface area contributed by atoms with Crippen LogP contribution in [0.5, 0.6) is 0 Å². The zero-order valence-electron chi connectivity index (χ0n) is 36.2. The van der Waals surface area contributed by atoms with Crippen molar-refractivity contribution in [2.75, 3.05) is 26.4 Å². The fourth-order valence-corrected chi connectivity index (χ4v) is 9.64. The standard InChI is InChI=1S/C49H55NO13/c1-29-35(61-46(56)41(53)39(32-17-9-6-10-18-32)50-44(54)33-19-11-7-12-20-33)27-49(57)43(62-45(55)34-21-13-8-14-22-34)38-30(2)42(40(52)37(29)47(49,4)5)59-25-16-15-24-58-26-23-36-48(38,28-60-36)63-31(3)51/h6-14,17-22,35-36,38-39,41,43,53,57H,15-16,23-28H2,1-5H3,(H,50,54)/t35-,36+,38+,39-,41+,43-,48-,49+/m0/s1. The number of carbonyl (C=O) groups is 5. The number of rotatable bonds is 9. The Morgan fingerprint density at radius 1 is 0.825 bits per heavy atom. The predicted octanol–water partition coefficient (Wildman–Crippen LogP) is 5.52. The van der Waals surface area contributed by atoms with Crippen LogP contribution in [0.3, 0.4) is 0 Å². The molecule has 14 nitrogen and oxygen atoms in total. The van der Waals surface area contributed by atoms with E-state index in [0.717, 1.165) is 0 Å². The Hall–Kier alpha value is -5.67. The maximum atomic E-state index is 15.3. The van der Waals surface area contributed by atoms with Gasteiger partial charge in [-0.1, -0.05) is 80.6 Å². The monoisotopic (exact) mass is 865 g/mol. The highest BCUT2D eigenvalue weighted by molar-refractivity contribution is 6.09. The average Bonchev–Trinajstić information content (AvgIpc) is 3.27. The van der Waals surface area contributed by atoms with Crippen molar-refractivity contribution in [2.24, 2.45) is 11.3 Å². The van der Waals surface area contributed by atoms with Gasteiger partial charge in [0.1, 0.15) is 23.9 Å². The SMILES string of the molecule is CC(=O)O[C@@]12CO[C@@H]1CCOCCCCOC1=C(C)[C@@H]2[C@H](OC(=O)c2ccccc2)[C@]2(O)C[C@H](OC(=O)[C@H](O)[C@@H](NC(=O)c3ccccc3)c3ccccc3)C(C)=C(C1=O)C2(C)C. The summed E-state index contributed by atoms with van der Waals surface area (Å²) in [4.78, 5) is 70.6. The number of fused-ring (bicyclic) bond motifs is 5. The minimum atomic E-state index is -2.26. The summed E-state index contributed by atoms with van der Waals surface area (Å²) in [6, 6.07) is 23.6. The maximum Gasteiger partial charge on any atom is 0.338 e. The Kier molecular flexibility index (Phi) is 13.4. The first-order valence-electron chi connectivity index (χ1n) is 21.4. The number of Topliss-reactive ketones (excluding diaryl/α,β-unsaturated/α-hetero) is 1. The van der Waals surface area contributed by atoms with Gasteiger partial charge in [0.25, 0.3) is 5.91 Å². The van der Waals surface area contributed by atoms with Gasteiger partial charge >= 0.3 is 17.9 Å². The van der Waals surface area contributed by atoms with Crippen LogP contribution in [-0.4, -0.2) is 102 Å². The van der Waals surface area contributed by atoms with Crippen molar-refractivity contribution in [1.29, 1.82) is 0 Å². The number of benzene rings is 3. The largest absolute Gasteiger partial charge is 0.490 e. The molecule has 1 fully saturated rings. The predicted molar refractivity (Wildman–Crippen MR) is 227 cm³/mol. The van der Waals surface area contributed by atoms with Crippen LogP contribution >= 0.6 is 0 Å². The molecule has 2 aliphatic heterocycles. The zero-order chi connectivity index (χ0) is 45.1. The number of carbonyl (C=O) groups excluding carboxylic acids is 5. The molecule has 0 unspecified atom stereocenters. The summed E-state index contributed by atoms with van der Waals surface area (Å²) in [7, 11) is 0. The van der Waals surface area contributed by atoms with Crippen LogP contribution in [0, 0.1) is 11.3 Å². The van der Waals surface area contributed by atoms with E-state index in [-0.39, 0.29) is 54.3 Å². The van der Waals surface area contributed by atoms with Crippen molar-refractivity contribution in [3.8, 4) is 0 Å². The fraction of sp³-hybridized carbons (Fsp3) is 0.449. The van der Waals surface area contributed by atoms with Gasteiger partial charge in [-0.2, -0.15) is 0 Å². The van der Waals surface area contributed by atoms with Crippen LogP contribution < -0.4 is 5.32 Å². The molecule has 0 aromatic heterocycles. The van der Waals surface area contributed by atoms with E-state index in [1.807, 2.05) is 0 Å². The molecule has 0 spiro atoms. The van der Waals surface area contributed by atoms with E-state index in [4.69, 9.17) is 28.4 Å². The number of nitrogens with one attached hydrogen (secondary N) is 1. The lowest BCUT2D eigenvalue weighted by atomic mass is 9.53. The van der Waals surface area contributed by atoms with Crippen molar-refractivity contribution < 1.29 is 62.6 Å². The van der Waals surface area contributed by atoms with Gasteiger partial charge in [-0.25, -0.2) is 9.59 Å². The second-order valence-electron chi connectivity index (χ2n) is 17.2. The number of aliphatic hydroxyl groups excluding tert-OH is 1. The molecule has 3 aromatic carbocycles. The average molecular weight is 866 g/mol. The van der Waals surface area contributed by atoms with E-state index in [1.54, 1.807) is 119 Å². The first kappa shape index (κ1) is 45.4. The highest BCUT2D eigenvalue weighted by Gasteiger charge is 2.70. The smallest absolute Gasteiger partial charge is 0.338 e. The summed E-state index contributed by atoms with van der Waals surface area (Å²) < 4.78 is 37.4. The third kappa shape index (κ3) is 8.69. The van der Waals surface area contributed by atoms with Crippen LogP contribution in [0.4, 0.5) is 0 Å². The Morgan fingerprint density at radius 3 is 2.06 bits per heavy atom. The van der Waals surface area contributed by atoms with Crippen LogP contribution in [-0.2, 0) is 42.8 Å². The van der Waals surface area contributed by atoms with E-state index in [1.165, 1.54) is 6.92 Å². The Morgan fingerprint density at radius 2 is 1.44 bits per heavy atom. The van der Waals surface area contributed by atoms with Gasteiger partial charge in [0.05, 0.1) is 30.7 Å². The van der Waals surface area contributed by atoms with Gasteiger partial charge in [0.2, 0.25) is 5.78 Å². The second-order valence-corrected chi connectivity index (χ2v) is 17.2. The van der Waals surface area contributed by atoms with Crippen molar-refractivity contribution in [3.05, 3.63) is 130 Å². The maximum absolute atomic E-state index is 15.3. The van der Waals surface area contributed by atoms with E-state index < -0.39 is 89.0 Å². The lowest BCUT2D eigenvalue weighted by Gasteiger charge is -2.60. The van der Waals surface area contributed by atoms with Crippen LogP contribution in [0.2, 0.25) is 0 Å². The number of allylic oxidation sites excluding steroid dienone is 1. The summed E-state index contributed by atoms with van der Waals surface area (Å²) >= 11 is 0. The molecule has 1 saturated heterocycles. The minimum Gasteiger partial charge on any atom is -0.490 e. The highest BCUT2D eigenvalue weighted by atomic mass is 16.6. The normalized spacial score (nSPS) is 28.0. The number of hydrogen-bond acceptors (Lipinski definition) is 13. The van der Waals surface area contributed by atoms with Crippen molar-refractivity contribution in [2.45, 2.75) is 102 Å². The van der Waals surface area contributed by atoms with Crippen molar-refractivity contribution in [1.82, 2.24) is 5.32 Å². The van der Waals surface area contributed by atoms with E-state index in [9.17, 15) is 29.4 Å². The molecule has 7 rings (SSSR count). The Bertz CT molecular complexity index is 2260. The highest BCUT2D eigenvalue weighted by Crippen LogP contribution is 2.58. The molecule has 3 aromatic rings. The summed E-state index contributed by atoms with van der Waals surface area (Å²) in [6.45, 7) is 8.35. The number of aliphatic hydroxyl groups is 2. The third-order valence-electron chi connectivity index (χ3n) is 13.0. The Labute approximate surface area is 366 Å². The van der Waals surface area contributed by atoms with Gasteiger partial charge in [-0.15, -0.1) is 0 Å². The molecule has 0 saturated carbocycles. The number of amides is 1. The number of esters is 3. The molecule has 8 atom stereocenters. The molecule has 2 heterocycles. The molecule has 0 radical (unpaired) electrons. The molecule has 1 amide bonds. The third-order valence-corrected chi connectivity index (χ3v) is 13.0. The fourth-order valence-electron chi connectivity index (χ4n) is 9.64. The number of ketones is 1. The lowest BCUT2D eigenvalue weighted by Crippen LogP contribution is -2.73. The van der Waals surface area contributed by atoms with E-state index >= 15 is 4.79 Å². The minimum absolute atomic E-state index is 0.0460. The zero-order valence-corrected chi connectivity index (χ0v) is 36.2. The summed E-state index contributed by atoms with van der Waals surface area (Å²) in [5, 5.41) is 28.3. The number of hydrogen-bond donors (Lipinski definition) is 3. The van der Waals surface area contributed by atoms with E-state index in [2.05, 4.69) is 5.32 Å². The molecular formula is C49H55NO13. The summed E-state index contributed by atoms with van der Waals surface area (Å²) in [5.74, 6) is -5.16. The molecule has 2 aliphatic carbocycles. The van der Waals surface area contributed by atoms with Gasteiger partial charge in [-0.3, -0.25) is 14.4 Å². The molecule has 3 N–H and O–H groups in total. The lowest BCUT2D eigenvalue weighted by molar-refractivity contribution is -0.296. The molecule has 63 heavy (non-hydrogen) atoms. The van der Waals surface area contributed by atoms with Crippen LogP contribution in [0.15, 0.2) is 113 Å². The first-order valence-corrected chi connectivity index (χ1v) is 21.4. The molecule has 14 heteroatoms. The molecule has 334 valence electrons. The second kappa shape index (κ2) is 18.6. The van der Waals surface area contributed by atoms with Gasteiger partial charge in [0.15, 0.2) is 17.5 Å².